The van der Waals surface area contributed by atoms with Crippen LogP contribution in [0.5, 0.6) is 0 Å². The van der Waals surface area contributed by atoms with Gasteiger partial charge in [0, 0.05) is 24.2 Å². The van der Waals surface area contributed by atoms with Crippen molar-refractivity contribution < 1.29 is 14.7 Å². The second kappa shape index (κ2) is 7.40. The molecule has 1 unspecified atom stereocenters. The Labute approximate surface area is 131 Å². The minimum absolute atomic E-state index is 0.0652. The quantitative estimate of drug-likeness (QED) is 0.844. The molecule has 1 aromatic rings. The number of anilines is 1. The topological polar surface area (TPSA) is 69.6 Å². The summed E-state index contributed by atoms with van der Waals surface area (Å²) in [4.78, 5) is 25.6. The zero-order valence-corrected chi connectivity index (χ0v) is 13.2. The largest absolute Gasteiger partial charge is 0.394 e. The van der Waals surface area contributed by atoms with Gasteiger partial charge in [0.25, 0.3) is 5.91 Å². The fraction of sp³-hybridized carbons (Fsp3) is 0.529. The van der Waals surface area contributed by atoms with E-state index in [-0.39, 0.29) is 24.5 Å². The second-order valence-corrected chi connectivity index (χ2v) is 6.18. The Balaban J connectivity index is 2.00. The molecule has 0 saturated carbocycles. The number of aliphatic hydroxyl groups is 1. The molecule has 2 amide bonds. The molecule has 2 N–H and O–H groups in total. The molecular weight excluding hydrogens is 280 g/mol. The Morgan fingerprint density at radius 1 is 1.32 bits per heavy atom. The average Bonchev–Trinajstić information content (AvgIpc) is 2.92. The fourth-order valence-corrected chi connectivity index (χ4v) is 2.73. The Morgan fingerprint density at radius 2 is 2.00 bits per heavy atom. The van der Waals surface area contributed by atoms with Gasteiger partial charge in [0.1, 0.15) is 0 Å². The van der Waals surface area contributed by atoms with E-state index in [9.17, 15) is 14.7 Å². The van der Waals surface area contributed by atoms with Crippen molar-refractivity contribution >= 4 is 17.5 Å². The molecule has 1 heterocycles. The van der Waals surface area contributed by atoms with Crippen LogP contribution in [0.15, 0.2) is 24.3 Å². The molecule has 1 aromatic carbocycles. The Morgan fingerprint density at radius 3 is 2.50 bits per heavy atom. The molecule has 5 nitrogen and oxygen atoms in total. The summed E-state index contributed by atoms with van der Waals surface area (Å²) in [7, 11) is 0. The molecule has 1 saturated heterocycles. The van der Waals surface area contributed by atoms with Crippen LogP contribution in [0.1, 0.15) is 43.5 Å². The first-order valence-electron chi connectivity index (χ1n) is 7.83. The van der Waals surface area contributed by atoms with Crippen molar-refractivity contribution in [3.05, 3.63) is 29.8 Å². The highest BCUT2D eigenvalue weighted by atomic mass is 16.3. The molecule has 1 aliphatic heterocycles. The predicted molar refractivity (Wildman–Crippen MR) is 85.8 cm³/mol. The number of aliphatic hydroxyl groups excluding tert-OH is 1. The number of nitrogens with one attached hydrogen (secondary N) is 1. The average molecular weight is 304 g/mol. The number of amides is 2. The molecule has 1 aliphatic rings. The highest BCUT2D eigenvalue weighted by Crippen LogP contribution is 2.21. The van der Waals surface area contributed by atoms with Gasteiger partial charge in [-0.1, -0.05) is 13.8 Å². The van der Waals surface area contributed by atoms with Crippen LogP contribution in [0.3, 0.4) is 0 Å². The van der Waals surface area contributed by atoms with Crippen molar-refractivity contribution in [1.82, 2.24) is 5.32 Å². The lowest BCUT2D eigenvalue weighted by molar-refractivity contribution is -0.117. The van der Waals surface area contributed by atoms with Gasteiger partial charge in [0.05, 0.1) is 12.6 Å². The van der Waals surface area contributed by atoms with E-state index in [0.717, 1.165) is 25.1 Å². The molecule has 0 spiro atoms. The lowest BCUT2D eigenvalue weighted by atomic mass is 10.0. The van der Waals surface area contributed by atoms with Crippen LogP contribution in [-0.2, 0) is 4.79 Å². The molecular formula is C17H24N2O3. The molecule has 1 fully saturated rings. The number of carbonyl (C=O) groups excluding carboxylic acids is 2. The Hall–Kier alpha value is -1.88. The third-order valence-corrected chi connectivity index (χ3v) is 3.83. The number of hydrogen-bond donors (Lipinski definition) is 2. The fourth-order valence-electron chi connectivity index (χ4n) is 2.73. The van der Waals surface area contributed by atoms with Gasteiger partial charge in [0.2, 0.25) is 5.91 Å². The highest BCUT2D eigenvalue weighted by molar-refractivity contribution is 5.97. The van der Waals surface area contributed by atoms with Gasteiger partial charge >= 0.3 is 0 Å². The van der Waals surface area contributed by atoms with E-state index in [1.54, 1.807) is 29.2 Å². The lowest BCUT2D eigenvalue weighted by Crippen LogP contribution is -2.38. The van der Waals surface area contributed by atoms with E-state index < -0.39 is 0 Å². The first-order chi connectivity index (χ1) is 10.5. The Kier molecular flexibility index (Phi) is 5.55. The van der Waals surface area contributed by atoms with Crippen molar-refractivity contribution in [3.63, 3.8) is 0 Å². The van der Waals surface area contributed by atoms with Crippen molar-refractivity contribution in [3.8, 4) is 0 Å². The maximum absolute atomic E-state index is 12.2. The monoisotopic (exact) mass is 304 g/mol. The molecule has 1 atom stereocenters. The molecule has 0 radical (unpaired) electrons. The van der Waals surface area contributed by atoms with E-state index in [4.69, 9.17) is 0 Å². The van der Waals surface area contributed by atoms with Crippen molar-refractivity contribution in [2.75, 3.05) is 18.1 Å². The van der Waals surface area contributed by atoms with Crippen LogP contribution in [0, 0.1) is 5.92 Å². The zero-order chi connectivity index (χ0) is 16.1. The summed E-state index contributed by atoms with van der Waals surface area (Å²) in [5, 5.41) is 12.2. The summed E-state index contributed by atoms with van der Waals surface area (Å²) in [6.07, 6.45) is 2.21. The molecule has 0 bridgehead atoms. The maximum Gasteiger partial charge on any atom is 0.251 e. The summed E-state index contributed by atoms with van der Waals surface area (Å²) in [6, 6.07) is 6.82. The van der Waals surface area contributed by atoms with Crippen LogP contribution in [0.4, 0.5) is 5.69 Å². The first-order valence-corrected chi connectivity index (χ1v) is 7.83. The summed E-state index contributed by atoms with van der Waals surface area (Å²) >= 11 is 0. The number of hydrogen-bond acceptors (Lipinski definition) is 3. The maximum atomic E-state index is 12.2. The molecule has 5 heteroatoms. The van der Waals surface area contributed by atoms with E-state index in [1.807, 2.05) is 0 Å². The van der Waals surface area contributed by atoms with Crippen LogP contribution in [0.25, 0.3) is 0 Å². The van der Waals surface area contributed by atoms with Crippen LogP contribution in [0.2, 0.25) is 0 Å². The van der Waals surface area contributed by atoms with Crippen LogP contribution >= 0.6 is 0 Å². The van der Waals surface area contributed by atoms with Gasteiger partial charge in [-0.2, -0.15) is 0 Å². The van der Waals surface area contributed by atoms with Crippen molar-refractivity contribution in [1.29, 1.82) is 0 Å². The lowest BCUT2D eigenvalue weighted by Gasteiger charge is -2.19. The molecule has 0 aromatic heterocycles. The van der Waals surface area contributed by atoms with Crippen molar-refractivity contribution in [2.45, 2.75) is 39.2 Å². The third-order valence-electron chi connectivity index (χ3n) is 3.83. The van der Waals surface area contributed by atoms with E-state index in [1.165, 1.54) is 0 Å². The van der Waals surface area contributed by atoms with Gasteiger partial charge in [-0.25, -0.2) is 0 Å². The standard InChI is InChI=1S/C17H24N2O3/c1-12(2)10-14(11-20)18-17(22)13-5-7-15(8-6-13)19-9-3-4-16(19)21/h5-8,12,14,20H,3-4,9-11H2,1-2H3,(H,18,22). The van der Waals surface area contributed by atoms with Gasteiger partial charge in [-0.3, -0.25) is 9.59 Å². The minimum Gasteiger partial charge on any atom is -0.394 e. The molecule has 120 valence electrons. The summed E-state index contributed by atoms with van der Waals surface area (Å²) in [5.74, 6) is 0.342. The smallest absolute Gasteiger partial charge is 0.251 e. The van der Waals surface area contributed by atoms with E-state index in [2.05, 4.69) is 19.2 Å². The van der Waals surface area contributed by atoms with Crippen LogP contribution < -0.4 is 10.2 Å². The second-order valence-electron chi connectivity index (χ2n) is 6.18. The summed E-state index contributed by atoms with van der Waals surface area (Å²) in [5.41, 5.74) is 1.37. The normalized spacial score (nSPS) is 16.2. The molecule has 22 heavy (non-hydrogen) atoms. The SMILES string of the molecule is CC(C)CC(CO)NC(=O)c1ccc(N2CCCC2=O)cc1. The minimum atomic E-state index is -0.229. The van der Waals surface area contributed by atoms with E-state index in [0.29, 0.717) is 17.9 Å². The van der Waals surface area contributed by atoms with Gasteiger partial charge < -0.3 is 15.3 Å². The van der Waals surface area contributed by atoms with Crippen molar-refractivity contribution in [2.24, 2.45) is 5.92 Å². The van der Waals surface area contributed by atoms with E-state index >= 15 is 0 Å². The van der Waals surface area contributed by atoms with Crippen LogP contribution in [-0.4, -0.2) is 36.1 Å². The molecule has 0 aliphatic carbocycles. The van der Waals surface area contributed by atoms with Gasteiger partial charge in [0.15, 0.2) is 0 Å². The van der Waals surface area contributed by atoms with Gasteiger partial charge in [-0.15, -0.1) is 0 Å². The highest BCUT2D eigenvalue weighted by Gasteiger charge is 2.22. The predicted octanol–water partition coefficient (Wildman–Crippen LogP) is 1.95. The number of carbonyl (C=O) groups is 2. The summed E-state index contributed by atoms with van der Waals surface area (Å²) in [6.45, 7) is 4.78. The molecule has 2 rings (SSSR count). The number of nitrogens with zero attached hydrogens (tertiary/aromatic N) is 1. The Bertz CT molecular complexity index is 525. The number of benzene rings is 1. The third kappa shape index (κ3) is 4.07. The first kappa shape index (κ1) is 16.5. The number of rotatable bonds is 6. The van der Waals surface area contributed by atoms with Gasteiger partial charge in [-0.05, 0) is 43.0 Å². The zero-order valence-electron chi connectivity index (χ0n) is 13.2. The summed E-state index contributed by atoms with van der Waals surface area (Å²) < 4.78 is 0.